The van der Waals surface area contributed by atoms with Crippen molar-refractivity contribution in [1.82, 2.24) is 4.90 Å². The lowest BCUT2D eigenvalue weighted by atomic mass is 9.95. The zero-order valence-electron chi connectivity index (χ0n) is 16.9. The Morgan fingerprint density at radius 3 is 2.57 bits per heavy atom. The van der Waals surface area contributed by atoms with Gasteiger partial charge in [0.05, 0.1) is 18.7 Å². The van der Waals surface area contributed by atoms with Gasteiger partial charge in [-0.05, 0) is 42.3 Å². The quantitative estimate of drug-likeness (QED) is 0.445. The summed E-state index contributed by atoms with van der Waals surface area (Å²) < 4.78 is 15.9. The Balaban J connectivity index is 1.82. The van der Waals surface area contributed by atoms with Crippen LogP contribution < -0.4 is 14.2 Å². The number of hydrogen-bond acceptors (Lipinski definition) is 6. The zero-order valence-corrected chi connectivity index (χ0v) is 16.9. The number of aliphatic hydroxyl groups excluding tert-OH is 1. The van der Waals surface area contributed by atoms with E-state index in [-0.39, 0.29) is 18.1 Å². The predicted molar refractivity (Wildman–Crippen MR) is 109 cm³/mol. The molecule has 0 aliphatic carbocycles. The average Bonchev–Trinajstić information content (AvgIpc) is 3.34. The van der Waals surface area contributed by atoms with Gasteiger partial charge >= 0.3 is 0 Å². The van der Waals surface area contributed by atoms with Crippen LogP contribution in [0.25, 0.3) is 5.76 Å². The highest BCUT2D eigenvalue weighted by atomic mass is 16.7. The second kappa shape index (κ2) is 8.10. The lowest BCUT2D eigenvalue weighted by Crippen LogP contribution is -2.30. The van der Waals surface area contributed by atoms with Gasteiger partial charge in [-0.3, -0.25) is 9.59 Å². The maximum atomic E-state index is 12.9. The Morgan fingerprint density at radius 1 is 1.13 bits per heavy atom. The second-order valence-corrected chi connectivity index (χ2v) is 7.19. The standard InChI is InChI=1S/C23H23NO6/c1-3-4-11-24-20(14-5-8-16(28-2)9-6-14)19(22(26)23(24)27)21(25)15-7-10-17-18(12-15)30-13-29-17/h5-10,12,20,25H,3-4,11,13H2,1-2H3/b21-19-. The van der Waals surface area contributed by atoms with Crippen LogP contribution in [0.3, 0.4) is 0 Å². The Kier molecular flexibility index (Phi) is 5.35. The summed E-state index contributed by atoms with van der Waals surface area (Å²) in [6.45, 7) is 2.55. The molecule has 7 heteroatoms. The zero-order chi connectivity index (χ0) is 21.3. The fraction of sp³-hybridized carbons (Fsp3) is 0.304. The van der Waals surface area contributed by atoms with E-state index in [0.717, 1.165) is 18.4 Å². The van der Waals surface area contributed by atoms with Gasteiger partial charge in [-0.2, -0.15) is 0 Å². The van der Waals surface area contributed by atoms with E-state index in [1.807, 2.05) is 6.92 Å². The third-order valence-electron chi connectivity index (χ3n) is 5.37. The van der Waals surface area contributed by atoms with Crippen LogP contribution in [0.15, 0.2) is 48.0 Å². The smallest absolute Gasteiger partial charge is 0.295 e. The van der Waals surface area contributed by atoms with Gasteiger partial charge in [-0.15, -0.1) is 0 Å². The molecule has 1 N–H and O–H groups in total. The molecule has 0 aromatic heterocycles. The van der Waals surface area contributed by atoms with Gasteiger partial charge in [-0.1, -0.05) is 25.5 Å². The number of benzene rings is 2. The van der Waals surface area contributed by atoms with Gasteiger partial charge in [0.1, 0.15) is 11.5 Å². The van der Waals surface area contributed by atoms with Crippen molar-refractivity contribution in [1.29, 1.82) is 0 Å². The third-order valence-corrected chi connectivity index (χ3v) is 5.37. The summed E-state index contributed by atoms with van der Waals surface area (Å²) in [4.78, 5) is 27.3. The minimum atomic E-state index is -0.693. The van der Waals surface area contributed by atoms with Gasteiger partial charge in [-0.25, -0.2) is 0 Å². The summed E-state index contributed by atoms with van der Waals surface area (Å²) in [6, 6.07) is 11.4. The predicted octanol–water partition coefficient (Wildman–Crippen LogP) is 3.65. The van der Waals surface area contributed by atoms with Crippen LogP contribution in [0.5, 0.6) is 17.2 Å². The fourth-order valence-corrected chi connectivity index (χ4v) is 3.77. The molecule has 1 amide bonds. The normalized spacial score (nSPS) is 19.4. The number of ether oxygens (including phenoxy) is 3. The highest BCUT2D eigenvalue weighted by molar-refractivity contribution is 6.46. The molecule has 1 fully saturated rings. The molecule has 2 aromatic rings. The molecule has 1 atom stereocenters. The topological polar surface area (TPSA) is 85.3 Å². The number of hydrogen-bond donors (Lipinski definition) is 1. The molecule has 0 bridgehead atoms. The van der Waals surface area contributed by atoms with Crippen molar-refractivity contribution in [2.75, 3.05) is 20.4 Å². The number of likely N-dealkylation sites (tertiary alicyclic amines) is 1. The van der Waals surface area contributed by atoms with E-state index < -0.39 is 17.7 Å². The molecular formula is C23H23NO6. The number of nitrogens with zero attached hydrogens (tertiary/aromatic N) is 1. The Hall–Kier alpha value is -3.48. The van der Waals surface area contributed by atoms with E-state index in [2.05, 4.69) is 0 Å². The fourth-order valence-electron chi connectivity index (χ4n) is 3.77. The summed E-state index contributed by atoms with van der Waals surface area (Å²) in [5.74, 6) is 0.196. The summed E-state index contributed by atoms with van der Waals surface area (Å²) in [5.41, 5.74) is 1.19. The molecule has 2 aromatic carbocycles. The SMILES string of the molecule is CCCCN1C(=O)C(=O)/C(=C(\O)c2ccc3c(c2)OCO3)C1c1ccc(OC)cc1. The maximum absolute atomic E-state index is 12.9. The summed E-state index contributed by atoms with van der Waals surface area (Å²) in [7, 11) is 1.57. The first kappa shape index (κ1) is 19.8. The number of ketones is 1. The van der Waals surface area contributed by atoms with Crippen LogP contribution in [0, 0.1) is 0 Å². The van der Waals surface area contributed by atoms with E-state index >= 15 is 0 Å². The van der Waals surface area contributed by atoms with Crippen LogP contribution in [-0.2, 0) is 9.59 Å². The minimum Gasteiger partial charge on any atom is -0.507 e. The van der Waals surface area contributed by atoms with E-state index in [1.54, 1.807) is 49.6 Å². The number of carbonyl (C=O) groups is 2. The van der Waals surface area contributed by atoms with Crippen molar-refractivity contribution < 1.29 is 28.9 Å². The monoisotopic (exact) mass is 409 g/mol. The Bertz CT molecular complexity index is 1010. The lowest BCUT2D eigenvalue weighted by molar-refractivity contribution is -0.139. The molecule has 0 spiro atoms. The van der Waals surface area contributed by atoms with Gasteiger partial charge < -0.3 is 24.2 Å². The molecule has 0 radical (unpaired) electrons. The minimum absolute atomic E-state index is 0.0696. The molecule has 2 aliphatic rings. The highest BCUT2D eigenvalue weighted by Gasteiger charge is 2.45. The highest BCUT2D eigenvalue weighted by Crippen LogP contribution is 2.41. The first-order chi connectivity index (χ1) is 14.5. The first-order valence-electron chi connectivity index (χ1n) is 9.87. The van der Waals surface area contributed by atoms with Crippen molar-refractivity contribution >= 4 is 17.4 Å². The number of amides is 1. The average molecular weight is 409 g/mol. The summed E-state index contributed by atoms with van der Waals surface area (Å²) in [6.07, 6.45) is 1.63. The van der Waals surface area contributed by atoms with Crippen LogP contribution in [0.2, 0.25) is 0 Å². The number of aliphatic hydroxyl groups is 1. The number of methoxy groups -OCH3 is 1. The molecule has 4 rings (SSSR count). The summed E-state index contributed by atoms with van der Waals surface area (Å²) >= 11 is 0. The van der Waals surface area contributed by atoms with Gasteiger partial charge in [0.25, 0.3) is 11.7 Å². The number of Topliss-reactive ketones (excluding diaryl/α,β-unsaturated/α-hetero) is 1. The van der Waals surface area contributed by atoms with Crippen molar-refractivity contribution in [3.8, 4) is 17.2 Å². The lowest BCUT2D eigenvalue weighted by Gasteiger charge is -2.25. The maximum Gasteiger partial charge on any atom is 0.295 e. The molecule has 2 heterocycles. The molecule has 0 saturated carbocycles. The van der Waals surface area contributed by atoms with Crippen molar-refractivity contribution in [3.63, 3.8) is 0 Å². The van der Waals surface area contributed by atoms with Gasteiger partial charge in [0.15, 0.2) is 11.5 Å². The van der Waals surface area contributed by atoms with E-state index in [0.29, 0.717) is 29.4 Å². The third kappa shape index (κ3) is 3.36. The van der Waals surface area contributed by atoms with E-state index in [1.165, 1.54) is 4.90 Å². The van der Waals surface area contributed by atoms with E-state index in [9.17, 15) is 14.7 Å². The van der Waals surface area contributed by atoms with Crippen LogP contribution >= 0.6 is 0 Å². The Labute approximate surface area is 174 Å². The van der Waals surface area contributed by atoms with Crippen LogP contribution in [0.1, 0.15) is 36.9 Å². The number of carbonyl (C=O) groups excluding carboxylic acids is 2. The van der Waals surface area contributed by atoms with Gasteiger partial charge in [0, 0.05) is 12.1 Å². The van der Waals surface area contributed by atoms with Gasteiger partial charge in [0.2, 0.25) is 6.79 Å². The summed E-state index contributed by atoms with van der Waals surface area (Å²) in [5, 5.41) is 11.1. The molecule has 7 nitrogen and oxygen atoms in total. The molecule has 1 unspecified atom stereocenters. The van der Waals surface area contributed by atoms with Crippen LogP contribution in [-0.4, -0.2) is 42.1 Å². The van der Waals surface area contributed by atoms with Crippen LogP contribution in [0.4, 0.5) is 0 Å². The van der Waals surface area contributed by atoms with Crippen molar-refractivity contribution in [2.24, 2.45) is 0 Å². The number of rotatable bonds is 6. The molecule has 30 heavy (non-hydrogen) atoms. The first-order valence-corrected chi connectivity index (χ1v) is 9.87. The van der Waals surface area contributed by atoms with Crippen molar-refractivity contribution in [3.05, 3.63) is 59.2 Å². The number of fused-ring (bicyclic) bond motifs is 1. The molecule has 2 aliphatic heterocycles. The largest absolute Gasteiger partial charge is 0.507 e. The second-order valence-electron chi connectivity index (χ2n) is 7.19. The molecule has 1 saturated heterocycles. The Morgan fingerprint density at radius 2 is 1.87 bits per heavy atom. The van der Waals surface area contributed by atoms with E-state index in [4.69, 9.17) is 14.2 Å². The molecular weight excluding hydrogens is 386 g/mol. The van der Waals surface area contributed by atoms with Crippen molar-refractivity contribution in [2.45, 2.75) is 25.8 Å². The molecule has 156 valence electrons. The number of unbranched alkanes of at least 4 members (excludes halogenated alkanes) is 1.